The van der Waals surface area contributed by atoms with Crippen LogP contribution in [0.5, 0.6) is 0 Å². The number of nitrogens with zero attached hydrogens (tertiary/aromatic N) is 1. The SMILES string of the molecule is CC(C)c1csc(-c2coc3ccccc23)n1. The first-order valence-corrected chi connectivity index (χ1v) is 6.55. The van der Waals surface area contributed by atoms with Gasteiger partial charge in [-0.2, -0.15) is 0 Å². The second-order valence-electron chi connectivity index (χ2n) is 4.38. The molecule has 0 bridgehead atoms. The Labute approximate surface area is 104 Å². The molecule has 1 aromatic carbocycles. The van der Waals surface area contributed by atoms with Crippen molar-refractivity contribution >= 4 is 22.3 Å². The van der Waals surface area contributed by atoms with Gasteiger partial charge in [-0.15, -0.1) is 11.3 Å². The molecule has 0 radical (unpaired) electrons. The number of hydrogen-bond acceptors (Lipinski definition) is 3. The van der Waals surface area contributed by atoms with Crippen molar-refractivity contribution in [2.75, 3.05) is 0 Å². The Bertz CT molecular complexity index is 651. The van der Waals surface area contributed by atoms with Gasteiger partial charge in [0.05, 0.1) is 11.3 Å². The smallest absolute Gasteiger partial charge is 0.134 e. The second-order valence-corrected chi connectivity index (χ2v) is 5.24. The second kappa shape index (κ2) is 4.00. The third-order valence-electron chi connectivity index (χ3n) is 2.82. The van der Waals surface area contributed by atoms with Crippen molar-refractivity contribution in [2.45, 2.75) is 19.8 Å². The molecule has 0 atom stereocenters. The van der Waals surface area contributed by atoms with Gasteiger partial charge in [0.15, 0.2) is 0 Å². The first-order valence-electron chi connectivity index (χ1n) is 5.67. The molecule has 2 aromatic heterocycles. The third-order valence-corrected chi connectivity index (χ3v) is 3.72. The summed E-state index contributed by atoms with van der Waals surface area (Å²) in [5, 5.41) is 4.30. The summed E-state index contributed by atoms with van der Waals surface area (Å²) in [4.78, 5) is 4.66. The molecule has 3 aromatic rings. The number of rotatable bonds is 2. The van der Waals surface area contributed by atoms with Crippen molar-refractivity contribution in [1.29, 1.82) is 0 Å². The monoisotopic (exact) mass is 243 g/mol. The van der Waals surface area contributed by atoms with E-state index < -0.39 is 0 Å². The van der Waals surface area contributed by atoms with E-state index in [2.05, 4.69) is 30.3 Å². The van der Waals surface area contributed by atoms with Gasteiger partial charge in [-0.05, 0) is 12.0 Å². The van der Waals surface area contributed by atoms with E-state index in [4.69, 9.17) is 4.42 Å². The van der Waals surface area contributed by atoms with Crippen molar-refractivity contribution in [2.24, 2.45) is 0 Å². The highest BCUT2D eigenvalue weighted by molar-refractivity contribution is 7.13. The number of furan rings is 1. The van der Waals surface area contributed by atoms with Crippen LogP contribution in [0.1, 0.15) is 25.5 Å². The Morgan fingerprint density at radius 1 is 1.24 bits per heavy atom. The fraction of sp³-hybridized carbons (Fsp3) is 0.214. The van der Waals surface area contributed by atoms with Gasteiger partial charge in [-0.3, -0.25) is 0 Å². The molecular weight excluding hydrogens is 230 g/mol. The average Bonchev–Trinajstić information content (AvgIpc) is 2.95. The van der Waals surface area contributed by atoms with Crippen molar-refractivity contribution < 1.29 is 4.42 Å². The van der Waals surface area contributed by atoms with Gasteiger partial charge in [0.1, 0.15) is 16.9 Å². The highest BCUT2D eigenvalue weighted by atomic mass is 32.1. The molecule has 0 amide bonds. The molecule has 0 spiro atoms. The minimum absolute atomic E-state index is 0.471. The van der Waals surface area contributed by atoms with E-state index in [0.29, 0.717) is 5.92 Å². The zero-order chi connectivity index (χ0) is 11.8. The maximum atomic E-state index is 5.54. The molecule has 2 nitrogen and oxygen atoms in total. The number of thiazole rings is 1. The lowest BCUT2D eigenvalue weighted by molar-refractivity contribution is 0.617. The number of para-hydroxylation sites is 1. The lowest BCUT2D eigenvalue weighted by Gasteiger charge is -1.96. The molecule has 0 N–H and O–H groups in total. The minimum atomic E-state index is 0.471. The lowest BCUT2D eigenvalue weighted by atomic mass is 10.1. The first-order chi connectivity index (χ1) is 8.25. The van der Waals surface area contributed by atoms with Gasteiger partial charge in [-0.25, -0.2) is 4.98 Å². The number of fused-ring (bicyclic) bond motifs is 1. The Hall–Kier alpha value is -1.61. The van der Waals surface area contributed by atoms with E-state index in [1.54, 1.807) is 17.6 Å². The van der Waals surface area contributed by atoms with Crippen LogP contribution in [0.25, 0.3) is 21.5 Å². The summed E-state index contributed by atoms with van der Waals surface area (Å²) in [5.41, 5.74) is 3.16. The Morgan fingerprint density at radius 2 is 2.06 bits per heavy atom. The predicted octanol–water partition coefficient (Wildman–Crippen LogP) is 4.68. The van der Waals surface area contributed by atoms with E-state index >= 15 is 0 Å². The van der Waals surface area contributed by atoms with Crippen LogP contribution in [-0.4, -0.2) is 4.98 Å². The van der Waals surface area contributed by atoms with Crippen LogP contribution < -0.4 is 0 Å². The van der Waals surface area contributed by atoms with E-state index in [0.717, 1.165) is 27.2 Å². The van der Waals surface area contributed by atoms with E-state index in [9.17, 15) is 0 Å². The summed E-state index contributed by atoms with van der Waals surface area (Å²) < 4.78 is 5.54. The van der Waals surface area contributed by atoms with Gasteiger partial charge in [0.2, 0.25) is 0 Å². The summed E-state index contributed by atoms with van der Waals surface area (Å²) in [6, 6.07) is 8.07. The van der Waals surface area contributed by atoms with Crippen molar-refractivity contribution in [3.05, 3.63) is 41.6 Å². The maximum Gasteiger partial charge on any atom is 0.134 e. The highest BCUT2D eigenvalue weighted by Crippen LogP contribution is 2.33. The van der Waals surface area contributed by atoms with Crippen LogP contribution in [-0.2, 0) is 0 Å². The molecule has 0 unspecified atom stereocenters. The highest BCUT2D eigenvalue weighted by Gasteiger charge is 2.12. The molecular formula is C14H13NOS. The van der Waals surface area contributed by atoms with Gasteiger partial charge >= 0.3 is 0 Å². The zero-order valence-electron chi connectivity index (χ0n) is 9.81. The Balaban J connectivity index is 2.14. The van der Waals surface area contributed by atoms with Crippen LogP contribution in [0.15, 0.2) is 40.3 Å². The molecule has 17 heavy (non-hydrogen) atoms. The standard InChI is InChI=1S/C14H13NOS/c1-9(2)12-8-17-14(15-12)11-7-16-13-6-4-3-5-10(11)13/h3-9H,1-2H3. The lowest BCUT2D eigenvalue weighted by Crippen LogP contribution is -1.86. The first kappa shape index (κ1) is 10.5. The normalized spacial score (nSPS) is 11.5. The van der Waals surface area contributed by atoms with Gasteiger partial charge in [-0.1, -0.05) is 32.0 Å². The largest absolute Gasteiger partial charge is 0.464 e. The summed E-state index contributed by atoms with van der Waals surface area (Å²) >= 11 is 1.68. The quantitative estimate of drug-likeness (QED) is 0.653. The maximum absolute atomic E-state index is 5.54. The molecule has 0 aliphatic carbocycles. The van der Waals surface area contributed by atoms with Crippen molar-refractivity contribution in [3.8, 4) is 10.6 Å². The molecule has 0 saturated carbocycles. The van der Waals surface area contributed by atoms with Gasteiger partial charge in [0, 0.05) is 10.8 Å². The molecule has 3 heteroatoms. The Kier molecular flexibility index (Phi) is 2.48. The van der Waals surface area contributed by atoms with Gasteiger partial charge < -0.3 is 4.42 Å². The van der Waals surface area contributed by atoms with Crippen LogP contribution >= 0.6 is 11.3 Å². The van der Waals surface area contributed by atoms with E-state index in [1.807, 2.05) is 18.2 Å². The fourth-order valence-electron chi connectivity index (χ4n) is 1.82. The summed E-state index contributed by atoms with van der Waals surface area (Å²) in [5.74, 6) is 0.471. The molecule has 86 valence electrons. The van der Waals surface area contributed by atoms with Crippen LogP contribution in [0.4, 0.5) is 0 Å². The zero-order valence-corrected chi connectivity index (χ0v) is 10.6. The fourth-order valence-corrected chi connectivity index (χ4v) is 2.82. The number of hydrogen-bond donors (Lipinski definition) is 0. The van der Waals surface area contributed by atoms with E-state index in [-0.39, 0.29) is 0 Å². The van der Waals surface area contributed by atoms with Crippen LogP contribution in [0.2, 0.25) is 0 Å². The molecule has 0 aliphatic heterocycles. The summed E-state index contributed by atoms with van der Waals surface area (Å²) in [6.07, 6.45) is 1.80. The number of aromatic nitrogens is 1. The van der Waals surface area contributed by atoms with E-state index in [1.165, 1.54) is 0 Å². The predicted molar refractivity (Wildman–Crippen MR) is 71.4 cm³/mol. The summed E-state index contributed by atoms with van der Waals surface area (Å²) in [7, 11) is 0. The molecule has 0 aliphatic rings. The van der Waals surface area contributed by atoms with Crippen LogP contribution in [0.3, 0.4) is 0 Å². The topological polar surface area (TPSA) is 26.0 Å². The molecule has 2 heterocycles. The molecule has 3 rings (SSSR count). The molecule has 0 saturated heterocycles. The van der Waals surface area contributed by atoms with Crippen molar-refractivity contribution in [1.82, 2.24) is 4.98 Å². The van der Waals surface area contributed by atoms with Crippen molar-refractivity contribution in [3.63, 3.8) is 0 Å². The van der Waals surface area contributed by atoms with Crippen LogP contribution in [0, 0.1) is 0 Å². The van der Waals surface area contributed by atoms with Gasteiger partial charge in [0.25, 0.3) is 0 Å². The average molecular weight is 243 g/mol. The Morgan fingerprint density at radius 3 is 2.82 bits per heavy atom. The molecule has 0 fully saturated rings. The summed E-state index contributed by atoms with van der Waals surface area (Å²) in [6.45, 7) is 4.32. The number of benzene rings is 1. The third kappa shape index (κ3) is 1.76. The minimum Gasteiger partial charge on any atom is -0.464 e.